The molecule has 0 radical (unpaired) electrons. The lowest BCUT2D eigenvalue weighted by Crippen LogP contribution is -2.50. The minimum atomic E-state index is -3.65. The molecule has 150 valence electrons. The molecule has 8 nitrogen and oxygen atoms in total. The van der Waals surface area contributed by atoms with Gasteiger partial charge in [0.1, 0.15) is 0 Å². The maximum atomic E-state index is 12.6. The molecule has 28 heavy (non-hydrogen) atoms. The third-order valence-electron chi connectivity index (χ3n) is 4.33. The van der Waals surface area contributed by atoms with Crippen LogP contribution in [0.5, 0.6) is 0 Å². The largest absolute Gasteiger partial charge is 0.367 e. The second-order valence-electron chi connectivity index (χ2n) is 6.26. The van der Waals surface area contributed by atoms with Gasteiger partial charge in [0.05, 0.1) is 18.0 Å². The van der Waals surface area contributed by atoms with E-state index in [0.717, 1.165) is 4.88 Å². The third-order valence-corrected chi connectivity index (χ3v) is 6.74. The zero-order valence-corrected chi connectivity index (χ0v) is 16.7. The van der Waals surface area contributed by atoms with Crippen LogP contribution in [0.1, 0.15) is 15.2 Å². The van der Waals surface area contributed by atoms with Gasteiger partial charge in [0.15, 0.2) is 6.10 Å². The van der Waals surface area contributed by atoms with E-state index in [0.29, 0.717) is 25.1 Å². The summed E-state index contributed by atoms with van der Waals surface area (Å²) >= 11 is 1.58. The van der Waals surface area contributed by atoms with Crippen molar-refractivity contribution in [3.8, 4) is 0 Å². The van der Waals surface area contributed by atoms with Gasteiger partial charge in [-0.15, -0.1) is 11.3 Å². The molecule has 1 fully saturated rings. The minimum absolute atomic E-state index is 0.0818. The maximum absolute atomic E-state index is 12.6. The number of morpholine rings is 1. The van der Waals surface area contributed by atoms with Crippen molar-refractivity contribution in [1.29, 1.82) is 0 Å². The number of thiophene rings is 1. The SMILES string of the molecule is NC(=O)C1CN(C(=O)c2ccc(S(=O)(=O)NCCc3cccs3)cc2)CCO1. The number of nitrogens with zero attached hydrogens (tertiary/aromatic N) is 1. The Morgan fingerprint density at radius 2 is 2.00 bits per heavy atom. The number of benzene rings is 1. The van der Waals surface area contributed by atoms with Crippen molar-refractivity contribution in [1.82, 2.24) is 9.62 Å². The van der Waals surface area contributed by atoms with Gasteiger partial charge in [0.2, 0.25) is 15.9 Å². The van der Waals surface area contributed by atoms with Crippen molar-refractivity contribution >= 4 is 33.2 Å². The van der Waals surface area contributed by atoms with Crippen molar-refractivity contribution < 1.29 is 22.7 Å². The van der Waals surface area contributed by atoms with Gasteiger partial charge in [-0.3, -0.25) is 9.59 Å². The number of nitrogens with one attached hydrogen (secondary N) is 1. The number of hydrogen-bond acceptors (Lipinski definition) is 6. The molecule has 2 heterocycles. The van der Waals surface area contributed by atoms with Crippen molar-refractivity contribution in [2.75, 3.05) is 26.2 Å². The van der Waals surface area contributed by atoms with Crippen LogP contribution in [0.3, 0.4) is 0 Å². The van der Waals surface area contributed by atoms with Gasteiger partial charge < -0.3 is 15.4 Å². The predicted molar refractivity (Wildman–Crippen MR) is 104 cm³/mol. The number of rotatable bonds is 7. The first-order valence-corrected chi connectivity index (χ1v) is 11.1. The molecule has 10 heteroatoms. The zero-order chi connectivity index (χ0) is 20.1. The molecule has 0 aliphatic carbocycles. The standard InChI is InChI=1S/C18H21N3O5S2/c19-17(22)16-12-21(9-10-26-16)18(23)13-3-5-15(6-4-13)28(24,25)20-8-7-14-2-1-11-27-14/h1-6,11,16,20H,7-10,12H2,(H2,19,22). The number of primary amides is 1. The Kier molecular flexibility index (Phi) is 6.45. The van der Waals surface area contributed by atoms with Gasteiger partial charge in [0, 0.05) is 23.5 Å². The predicted octanol–water partition coefficient (Wildman–Crippen LogP) is 0.595. The molecule has 1 unspecified atom stereocenters. The molecule has 3 rings (SSSR count). The molecule has 2 amide bonds. The summed E-state index contributed by atoms with van der Waals surface area (Å²) in [6.45, 7) is 0.942. The average molecular weight is 424 g/mol. The fourth-order valence-electron chi connectivity index (χ4n) is 2.81. The summed E-state index contributed by atoms with van der Waals surface area (Å²) < 4.78 is 32.6. The molecule has 3 N–H and O–H groups in total. The smallest absolute Gasteiger partial charge is 0.254 e. The van der Waals surface area contributed by atoms with Gasteiger partial charge >= 0.3 is 0 Å². The van der Waals surface area contributed by atoms with E-state index < -0.39 is 22.0 Å². The Hall–Kier alpha value is -2.27. The molecule has 1 atom stereocenters. The number of carbonyl (C=O) groups is 2. The number of sulfonamides is 1. The van der Waals surface area contributed by atoms with Crippen LogP contribution in [0.2, 0.25) is 0 Å². The van der Waals surface area contributed by atoms with E-state index in [9.17, 15) is 18.0 Å². The van der Waals surface area contributed by atoms with E-state index in [-0.39, 0.29) is 24.0 Å². The van der Waals surface area contributed by atoms with Gasteiger partial charge in [-0.1, -0.05) is 6.07 Å². The van der Waals surface area contributed by atoms with Crippen molar-refractivity contribution in [2.45, 2.75) is 17.4 Å². The van der Waals surface area contributed by atoms with Gasteiger partial charge in [-0.25, -0.2) is 13.1 Å². The van der Waals surface area contributed by atoms with Crippen LogP contribution >= 0.6 is 11.3 Å². The lowest BCUT2D eigenvalue weighted by molar-refractivity contribution is -0.133. The molecular formula is C18H21N3O5S2. The monoisotopic (exact) mass is 423 g/mol. The number of carbonyl (C=O) groups excluding carboxylic acids is 2. The molecule has 2 aromatic rings. The Morgan fingerprint density at radius 3 is 2.64 bits per heavy atom. The molecule has 1 aromatic carbocycles. The van der Waals surface area contributed by atoms with E-state index >= 15 is 0 Å². The highest BCUT2D eigenvalue weighted by Gasteiger charge is 2.28. The van der Waals surface area contributed by atoms with Crippen LogP contribution in [0.15, 0.2) is 46.7 Å². The Bertz CT molecular complexity index is 927. The summed E-state index contributed by atoms with van der Waals surface area (Å²) in [5.41, 5.74) is 5.57. The van der Waals surface area contributed by atoms with E-state index in [1.165, 1.54) is 29.2 Å². The second-order valence-corrected chi connectivity index (χ2v) is 9.06. The van der Waals surface area contributed by atoms with Crippen LogP contribution in [-0.2, 0) is 26.0 Å². The van der Waals surface area contributed by atoms with Gasteiger partial charge in [-0.05, 0) is 42.1 Å². The first kappa shape index (κ1) is 20.5. The van der Waals surface area contributed by atoms with E-state index in [1.807, 2.05) is 17.5 Å². The number of nitrogens with two attached hydrogens (primary N) is 1. The molecule has 1 saturated heterocycles. The maximum Gasteiger partial charge on any atom is 0.254 e. The number of ether oxygens (including phenoxy) is 1. The van der Waals surface area contributed by atoms with Crippen LogP contribution in [0.4, 0.5) is 0 Å². The third kappa shape index (κ3) is 4.96. The summed E-state index contributed by atoms with van der Waals surface area (Å²) in [5.74, 6) is -0.920. The van der Waals surface area contributed by atoms with Crippen LogP contribution in [0, 0.1) is 0 Å². The molecule has 1 aliphatic heterocycles. The molecular weight excluding hydrogens is 402 g/mol. The summed E-state index contributed by atoms with van der Waals surface area (Å²) in [6, 6.07) is 9.59. The highest BCUT2D eigenvalue weighted by molar-refractivity contribution is 7.89. The molecule has 0 saturated carbocycles. The highest BCUT2D eigenvalue weighted by Crippen LogP contribution is 2.15. The number of amides is 2. The highest BCUT2D eigenvalue weighted by atomic mass is 32.2. The summed E-state index contributed by atoms with van der Waals surface area (Å²) in [6.07, 6.45) is -0.212. The van der Waals surface area contributed by atoms with Gasteiger partial charge in [-0.2, -0.15) is 0 Å². The van der Waals surface area contributed by atoms with Crippen molar-refractivity contribution in [3.63, 3.8) is 0 Å². The lowest BCUT2D eigenvalue weighted by Gasteiger charge is -2.31. The van der Waals surface area contributed by atoms with E-state index in [1.54, 1.807) is 11.3 Å². The van der Waals surface area contributed by atoms with Crippen LogP contribution in [0.25, 0.3) is 0 Å². The first-order chi connectivity index (χ1) is 13.4. The summed E-state index contributed by atoms with van der Waals surface area (Å²) in [7, 11) is -3.65. The fraction of sp³-hybridized carbons (Fsp3) is 0.333. The van der Waals surface area contributed by atoms with E-state index in [2.05, 4.69) is 4.72 Å². The lowest BCUT2D eigenvalue weighted by atomic mass is 10.1. The Morgan fingerprint density at radius 1 is 1.25 bits per heavy atom. The fourth-order valence-corrected chi connectivity index (χ4v) is 4.55. The Balaban J connectivity index is 1.61. The molecule has 1 aliphatic rings. The van der Waals surface area contributed by atoms with Crippen LogP contribution < -0.4 is 10.5 Å². The normalized spacial score (nSPS) is 17.4. The quantitative estimate of drug-likeness (QED) is 0.676. The summed E-state index contributed by atoms with van der Waals surface area (Å²) in [4.78, 5) is 26.5. The first-order valence-electron chi connectivity index (χ1n) is 8.69. The van der Waals surface area contributed by atoms with Crippen LogP contribution in [-0.4, -0.2) is 57.5 Å². The minimum Gasteiger partial charge on any atom is -0.367 e. The number of hydrogen-bond donors (Lipinski definition) is 2. The Labute approximate surface area is 167 Å². The van der Waals surface area contributed by atoms with E-state index in [4.69, 9.17) is 10.5 Å². The molecule has 1 aromatic heterocycles. The van der Waals surface area contributed by atoms with Gasteiger partial charge in [0.25, 0.3) is 5.91 Å². The molecule has 0 bridgehead atoms. The average Bonchev–Trinajstić information content (AvgIpc) is 3.21. The van der Waals surface area contributed by atoms with Crippen molar-refractivity contribution in [2.24, 2.45) is 5.73 Å². The topological polar surface area (TPSA) is 119 Å². The second kappa shape index (κ2) is 8.82. The summed E-state index contributed by atoms with van der Waals surface area (Å²) in [5, 5.41) is 1.94. The molecule has 0 spiro atoms. The zero-order valence-electron chi connectivity index (χ0n) is 15.0. The van der Waals surface area contributed by atoms with Crippen molar-refractivity contribution in [3.05, 3.63) is 52.2 Å².